The lowest BCUT2D eigenvalue weighted by Crippen LogP contribution is -2.24. The van der Waals surface area contributed by atoms with Crippen molar-refractivity contribution in [2.45, 2.75) is 55.4 Å². The van der Waals surface area contributed by atoms with Crippen molar-refractivity contribution in [2.75, 3.05) is 31.5 Å². The smallest absolute Gasteiger partial charge is 0.343 e. The number of esters is 1. The number of carbonyl (C=O) groups excluding carboxylic acids is 1. The number of benzene rings is 2. The van der Waals surface area contributed by atoms with E-state index in [1.807, 2.05) is 6.07 Å². The summed E-state index contributed by atoms with van der Waals surface area (Å²) in [6.45, 7) is 4.59. The summed E-state index contributed by atoms with van der Waals surface area (Å²) >= 11 is 0. The molecule has 2 aromatic rings. The van der Waals surface area contributed by atoms with Gasteiger partial charge in [0.05, 0.1) is 24.3 Å². The highest BCUT2D eigenvalue weighted by molar-refractivity contribution is 7.92. The highest BCUT2D eigenvalue weighted by atomic mass is 32.2. The molecule has 2 aromatic carbocycles. The Hall–Kier alpha value is -2.65. The van der Waals surface area contributed by atoms with Gasteiger partial charge in [0.25, 0.3) is 10.0 Å². The van der Waals surface area contributed by atoms with Crippen molar-refractivity contribution in [3.05, 3.63) is 52.8 Å². The van der Waals surface area contributed by atoms with Crippen LogP contribution in [0.25, 0.3) is 0 Å². The lowest BCUT2D eigenvalue weighted by molar-refractivity contribution is 0.0595. The predicted molar refractivity (Wildman–Crippen MR) is 132 cm³/mol. The van der Waals surface area contributed by atoms with Crippen molar-refractivity contribution in [1.82, 2.24) is 4.90 Å². The Morgan fingerprint density at radius 3 is 2.92 bits per heavy atom. The van der Waals surface area contributed by atoms with Crippen LogP contribution in [0.15, 0.2) is 35.2 Å². The largest absolute Gasteiger partial charge is 0.492 e. The van der Waals surface area contributed by atoms with E-state index in [9.17, 15) is 17.6 Å². The van der Waals surface area contributed by atoms with Crippen molar-refractivity contribution in [2.24, 2.45) is 11.8 Å². The van der Waals surface area contributed by atoms with Crippen LogP contribution < -0.4 is 9.46 Å². The molecular weight excluding hydrogens is 483 g/mol. The van der Waals surface area contributed by atoms with Crippen LogP contribution in [0.4, 0.5) is 10.1 Å². The number of ether oxygens (including phenoxy) is 2. The molecule has 1 aliphatic carbocycles. The number of nitrogens with zero attached hydrogens (tertiary/aromatic N) is 1. The molecule has 3 heterocycles. The molecule has 0 radical (unpaired) electrons. The first kappa shape index (κ1) is 23.7. The molecule has 0 amide bonds. The maximum absolute atomic E-state index is 14.2. The van der Waals surface area contributed by atoms with Crippen molar-refractivity contribution in [3.8, 4) is 5.75 Å². The topological polar surface area (TPSA) is 84.9 Å². The van der Waals surface area contributed by atoms with Crippen LogP contribution in [0.2, 0.25) is 0 Å². The minimum atomic E-state index is -4.12. The molecule has 36 heavy (non-hydrogen) atoms. The molecule has 0 aromatic heterocycles. The third kappa shape index (κ3) is 3.87. The first-order valence-electron chi connectivity index (χ1n) is 12.6. The van der Waals surface area contributed by atoms with Gasteiger partial charge in [-0.05, 0) is 74.4 Å². The van der Waals surface area contributed by atoms with Crippen molar-refractivity contribution < 1.29 is 27.1 Å². The van der Waals surface area contributed by atoms with Gasteiger partial charge in [0.1, 0.15) is 17.1 Å². The maximum Gasteiger partial charge on any atom is 0.343 e. The van der Waals surface area contributed by atoms with Crippen LogP contribution in [0.5, 0.6) is 5.75 Å². The molecule has 4 unspecified atom stereocenters. The van der Waals surface area contributed by atoms with Crippen molar-refractivity contribution in [1.29, 1.82) is 0 Å². The number of nitrogens with one attached hydrogen (secondary N) is 1. The molecule has 192 valence electrons. The van der Waals surface area contributed by atoms with Gasteiger partial charge in [-0.15, -0.1) is 0 Å². The second-order valence-electron chi connectivity index (χ2n) is 10.9. The Balaban J connectivity index is 1.33. The van der Waals surface area contributed by atoms with Crippen molar-refractivity contribution in [3.63, 3.8) is 0 Å². The maximum atomic E-state index is 14.2. The SMILES string of the molecule is COC(=O)c1c(NS(=O)(=O)c2ccc(F)cc2CC2CC3CCCN3C2)ccc2c1OCC1CC21C. The Morgan fingerprint density at radius 2 is 2.14 bits per heavy atom. The second-order valence-corrected chi connectivity index (χ2v) is 12.6. The van der Waals surface area contributed by atoms with E-state index in [2.05, 4.69) is 16.5 Å². The summed E-state index contributed by atoms with van der Waals surface area (Å²) in [6, 6.07) is 7.78. The standard InChI is InChI=1S/C27H31FN2O5S/c1-27-13-18(27)15-35-25-21(27)6-7-22(24(25)26(31)34-2)29-36(32,33)23-8-5-19(28)12-17(23)10-16-11-20-4-3-9-30(20)14-16/h5-8,12,16,18,20,29H,3-4,9-11,13-15H2,1-2H3. The first-order chi connectivity index (χ1) is 17.2. The van der Waals surface area contributed by atoms with Gasteiger partial charge in [-0.2, -0.15) is 0 Å². The summed E-state index contributed by atoms with van der Waals surface area (Å²) in [5.74, 6) is -0.0817. The van der Waals surface area contributed by atoms with Gasteiger partial charge in [0.15, 0.2) is 0 Å². The Morgan fingerprint density at radius 1 is 1.31 bits per heavy atom. The van der Waals surface area contributed by atoms with E-state index in [0.29, 0.717) is 36.3 Å². The zero-order valence-electron chi connectivity index (χ0n) is 20.6. The lowest BCUT2D eigenvalue weighted by atomic mass is 9.90. The molecule has 2 saturated heterocycles. The van der Waals surface area contributed by atoms with Crippen LogP contribution in [-0.2, 0) is 26.6 Å². The molecular formula is C27H31FN2O5S. The predicted octanol–water partition coefficient (Wildman–Crippen LogP) is 4.11. The fourth-order valence-corrected chi connectivity index (χ4v) is 7.91. The molecule has 0 bridgehead atoms. The molecule has 1 saturated carbocycles. The third-order valence-corrected chi connectivity index (χ3v) is 10.1. The van der Waals surface area contributed by atoms with E-state index >= 15 is 0 Å². The Bertz CT molecular complexity index is 1330. The monoisotopic (exact) mass is 514 g/mol. The van der Waals surface area contributed by atoms with Gasteiger partial charge < -0.3 is 14.4 Å². The number of hydrogen-bond donors (Lipinski definition) is 1. The van der Waals surface area contributed by atoms with E-state index < -0.39 is 21.8 Å². The number of sulfonamides is 1. The molecule has 3 aliphatic heterocycles. The van der Waals surface area contributed by atoms with Gasteiger partial charge in [-0.3, -0.25) is 4.72 Å². The summed E-state index contributed by atoms with van der Waals surface area (Å²) in [6.07, 6.45) is 4.82. The lowest BCUT2D eigenvalue weighted by Gasteiger charge is -2.26. The van der Waals surface area contributed by atoms with Crippen LogP contribution >= 0.6 is 0 Å². The number of carbonyl (C=O) groups is 1. The molecule has 4 atom stereocenters. The van der Waals surface area contributed by atoms with Crippen LogP contribution in [0, 0.1) is 17.7 Å². The first-order valence-corrected chi connectivity index (χ1v) is 14.1. The summed E-state index contributed by atoms with van der Waals surface area (Å²) in [4.78, 5) is 15.3. The van der Waals surface area contributed by atoms with E-state index in [4.69, 9.17) is 9.47 Å². The Labute approximate surface area is 211 Å². The number of methoxy groups -OCH3 is 1. The molecule has 4 aliphatic rings. The van der Waals surface area contributed by atoms with Crippen LogP contribution in [-0.4, -0.2) is 52.1 Å². The van der Waals surface area contributed by atoms with E-state index in [1.54, 1.807) is 6.07 Å². The van der Waals surface area contributed by atoms with Gasteiger partial charge in [-0.1, -0.05) is 13.0 Å². The molecule has 7 nitrogen and oxygen atoms in total. The summed E-state index contributed by atoms with van der Waals surface area (Å²) < 4.78 is 55.0. The summed E-state index contributed by atoms with van der Waals surface area (Å²) in [5, 5.41) is 0. The quantitative estimate of drug-likeness (QED) is 0.584. The number of hydrogen-bond acceptors (Lipinski definition) is 6. The zero-order valence-corrected chi connectivity index (χ0v) is 21.4. The highest BCUT2D eigenvalue weighted by Crippen LogP contribution is 2.60. The average molecular weight is 515 g/mol. The number of fused-ring (bicyclic) bond motifs is 4. The van der Waals surface area contributed by atoms with Crippen LogP contribution in [0.1, 0.15) is 54.1 Å². The number of anilines is 1. The average Bonchev–Trinajstić information content (AvgIpc) is 3.12. The third-order valence-electron chi connectivity index (χ3n) is 8.66. The molecule has 9 heteroatoms. The normalized spacial score (nSPS) is 28.6. The van der Waals surface area contributed by atoms with Crippen molar-refractivity contribution >= 4 is 21.7 Å². The summed E-state index contributed by atoms with van der Waals surface area (Å²) in [5.41, 5.74) is 1.44. The summed E-state index contributed by atoms with van der Waals surface area (Å²) in [7, 11) is -2.86. The molecule has 0 spiro atoms. The second kappa shape index (κ2) is 8.45. The number of rotatable bonds is 6. The van der Waals surface area contributed by atoms with E-state index in [0.717, 1.165) is 37.6 Å². The van der Waals surface area contributed by atoms with Gasteiger partial charge in [0, 0.05) is 29.5 Å². The fourth-order valence-electron chi connectivity index (χ4n) is 6.60. The minimum Gasteiger partial charge on any atom is -0.492 e. The molecule has 1 N–H and O–H groups in total. The number of halogens is 1. The van der Waals surface area contributed by atoms with E-state index in [1.165, 1.54) is 32.1 Å². The van der Waals surface area contributed by atoms with Gasteiger partial charge in [0.2, 0.25) is 0 Å². The van der Waals surface area contributed by atoms with Gasteiger partial charge in [-0.25, -0.2) is 17.6 Å². The van der Waals surface area contributed by atoms with E-state index in [-0.39, 0.29) is 27.5 Å². The fraction of sp³-hybridized carbons (Fsp3) is 0.519. The minimum absolute atomic E-state index is 0.0274. The van der Waals surface area contributed by atoms with Crippen LogP contribution in [0.3, 0.4) is 0 Å². The molecule has 6 rings (SSSR count). The highest BCUT2D eigenvalue weighted by Gasteiger charge is 2.56. The molecule has 3 fully saturated rings. The Kier molecular flexibility index (Phi) is 5.57. The zero-order chi connectivity index (χ0) is 25.2. The van der Waals surface area contributed by atoms with Gasteiger partial charge >= 0.3 is 5.97 Å².